The summed E-state index contributed by atoms with van der Waals surface area (Å²) >= 11 is 0. The van der Waals surface area contributed by atoms with Crippen molar-refractivity contribution in [2.45, 2.75) is 0 Å². The number of rotatable bonds is 2. The molecule has 3 rings (SSSR count). The second-order valence-electron chi connectivity index (χ2n) is 3.83. The van der Waals surface area contributed by atoms with E-state index in [1.54, 1.807) is 36.7 Å². The van der Waals surface area contributed by atoms with Crippen LogP contribution in [0, 0.1) is 5.82 Å². The fourth-order valence-corrected chi connectivity index (χ4v) is 1.74. The smallest absolute Gasteiger partial charge is 0.156 e. The van der Waals surface area contributed by atoms with Crippen LogP contribution in [0.5, 0.6) is 0 Å². The average Bonchev–Trinajstić information content (AvgIpc) is 2.97. The molecule has 0 amide bonds. The van der Waals surface area contributed by atoms with Gasteiger partial charge in [0.15, 0.2) is 11.5 Å². The van der Waals surface area contributed by atoms with Crippen molar-refractivity contribution in [2.24, 2.45) is 0 Å². The summed E-state index contributed by atoms with van der Waals surface area (Å²) in [5, 5.41) is 4.29. The molecule has 0 aliphatic carbocycles. The minimum Gasteiger partial charge on any atom is -0.463 e. The Morgan fingerprint density at radius 2 is 2.11 bits per heavy atom. The lowest BCUT2D eigenvalue weighted by atomic mass is 10.3. The van der Waals surface area contributed by atoms with Gasteiger partial charge in [0.2, 0.25) is 0 Å². The summed E-state index contributed by atoms with van der Waals surface area (Å²) in [5.41, 5.74) is 7.51. The summed E-state index contributed by atoms with van der Waals surface area (Å²) in [4.78, 5) is 0. The molecular weight excluding hydrogens is 233 g/mol. The van der Waals surface area contributed by atoms with E-state index in [1.807, 2.05) is 0 Å². The summed E-state index contributed by atoms with van der Waals surface area (Å²) in [6.07, 6.45) is 3.18. The van der Waals surface area contributed by atoms with Gasteiger partial charge in [-0.1, -0.05) is 6.07 Å². The maximum atomic E-state index is 13.1. The Balaban J connectivity index is 2.08. The number of hydrogen-bond donors (Lipinski definition) is 1. The minimum atomic E-state index is -0.318. The highest BCUT2D eigenvalue weighted by Crippen LogP contribution is 2.25. The van der Waals surface area contributed by atoms with E-state index in [0.717, 1.165) is 0 Å². The third kappa shape index (κ3) is 1.75. The van der Waals surface area contributed by atoms with Crippen LogP contribution in [0.1, 0.15) is 0 Å². The maximum absolute atomic E-state index is 13.1. The number of benzene rings is 1. The number of nitrogen functional groups attached to an aromatic ring is 1. The van der Waals surface area contributed by atoms with Crippen LogP contribution < -0.4 is 5.73 Å². The van der Waals surface area contributed by atoms with Crippen LogP contribution in [0.25, 0.3) is 17.1 Å². The third-order valence-electron chi connectivity index (χ3n) is 2.57. The molecule has 0 saturated heterocycles. The maximum Gasteiger partial charge on any atom is 0.156 e. The molecule has 18 heavy (non-hydrogen) atoms. The molecule has 0 aliphatic heterocycles. The van der Waals surface area contributed by atoms with Gasteiger partial charge in [-0.05, 0) is 30.3 Å². The van der Waals surface area contributed by atoms with Gasteiger partial charge in [0, 0.05) is 0 Å². The van der Waals surface area contributed by atoms with Gasteiger partial charge in [-0.15, -0.1) is 0 Å². The Morgan fingerprint density at radius 3 is 2.83 bits per heavy atom. The molecule has 2 heterocycles. The van der Waals surface area contributed by atoms with Gasteiger partial charge in [0.25, 0.3) is 0 Å². The monoisotopic (exact) mass is 243 g/mol. The molecule has 0 aliphatic rings. The number of hydrogen-bond acceptors (Lipinski definition) is 3. The quantitative estimate of drug-likeness (QED) is 0.752. The summed E-state index contributed by atoms with van der Waals surface area (Å²) < 4.78 is 19.9. The second kappa shape index (κ2) is 4.03. The Hall–Kier alpha value is -2.56. The van der Waals surface area contributed by atoms with Crippen LogP contribution in [0.4, 0.5) is 10.1 Å². The van der Waals surface area contributed by atoms with E-state index in [1.165, 1.54) is 16.8 Å². The molecule has 0 spiro atoms. The number of nitrogens with two attached hydrogens (primary N) is 1. The highest BCUT2D eigenvalue weighted by molar-refractivity contribution is 5.68. The average molecular weight is 243 g/mol. The molecule has 0 atom stereocenters. The molecule has 5 heteroatoms. The van der Waals surface area contributed by atoms with Gasteiger partial charge in [0.05, 0.1) is 23.8 Å². The van der Waals surface area contributed by atoms with Crippen LogP contribution in [0.3, 0.4) is 0 Å². The van der Waals surface area contributed by atoms with Gasteiger partial charge in [0.1, 0.15) is 5.82 Å². The van der Waals surface area contributed by atoms with Gasteiger partial charge in [-0.3, -0.25) is 0 Å². The summed E-state index contributed by atoms with van der Waals surface area (Å²) in [6, 6.07) is 9.67. The van der Waals surface area contributed by atoms with E-state index in [-0.39, 0.29) is 5.82 Å². The van der Waals surface area contributed by atoms with Crippen molar-refractivity contribution in [1.82, 2.24) is 9.78 Å². The standard InChI is InChI=1S/C13H10FN3O/c14-9-3-1-4-10(7-9)17-8-11(15)13(16-17)12-5-2-6-18-12/h1-8H,15H2. The molecule has 0 radical (unpaired) electrons. The zero-order valence-corrected chi connectivity index (χ0v) is 9.38. The highest BCUT2D eigenvalue weighted by atomic mass is 19.1. The highest BCUT2D eigenvalue weighted by Gasteiger charge is 2.11. The van der Waals surface area contributed by atoms with Crippen molar-refractivity contribution in [1.29, 1.82) is 0 Å². The first-order valence-electron chi connectivity index (χ1n) is 5.39. The summed E-state index contributed by atoms with van der Waals surface area (Å²) in [6.45, 7) is 0. The largest absolute Gasteiger partial charge is 0.463 e. The molecule has 0 unspecified atom stereocenters. The Bertz CT molecular complexity index is 673. The van der Waals surface area contributed by atoms with Crippen LogP contribution >= 0.6 is 0 Å². The fraction of sp³-hybridized carbons (Fsp3) is 0. The van der Waals surface area contributed by atoms with E-state index in [0.29, 0.717) is 22.8 Å². The van der Waals surface area contributed by atoms with Crippen LogP contribution in [0.15, 0.2) is 53.3 Å². The molecule has 3 aromatic rings. The first kappa shape index (κ1) is 10.6. The minimum absolute atomic E-state index is 0.318. The molecule has 0 fully saturated rings. The third-order valence-corrected chi connectivity index (χ3v) is 2.57. The zero-order valence-electron chi connectivity index (χ0n) is 9.38. The van der Waals surface area contributed by atoms with E-state index < -0.39 is 0 Å². The van der Waals surface area contributed by atoms with Crippen molar-refractivity contribution in [3.05, 3.63) is 54.7 Å². The Morgan fingerprint density at radius 1 is 1.22 bits per heavy atom. The van der Waals surface area contributed by atoms with Crippen LogP contribution in [-0.4, -0.2) is 9.78 Å². The van der Waals surface area contributed by atoms with Gasteiger partial charge in [-0.25, -0.2) is 9.07 Å². The summed E-state index contributed by atoms with van der Waals surface area (Å²) in [7, 11) is 0. The van der Waals surface area contributed by atoms with Gasteiger partial charge in [-0.2, -0.15) is 5.10 Å². The van der Waals surface area contributed by atoms with Gasteiger partial charge >= 0.3 is 0 Å². The number of anilines is 1. The van der Waals surface area contributed by atoms with Crippen molar-refractivity contribution in [3.8, 4) is 17.1 Å². The van der Waals surface area contributed by atoms with Crippen molar-refractivity contribution >= 4 is 5.69 Å². The molecule has 4 nitrogen and oxygen atoms in total. The molecule has 90 valence electrons. The molecular formula is C13H10FN3O. The number of halogens is 1. The molecule has 0 bridgehead atoms. The fourth-order valence-electron chi connectivity index (χ4n) is 1.74. The predicted octanol–water partition coefficient (Wildman–Crippen LogP) is 2.85. The number of furan rings is 1. The Labute approximate surface area is 102 Å². The first-order valence-corrected chi connectivity index (χ1v) is 5.39. The van der Waals surface area contributed by atoms with E-state index in [4.69, 9.17) is 10.2 Å². The van der Waals surface area contributed by atoms with Gasteiger partial charge < -0.3 is 10.2 Å². The van der Waals surface area contributed by atoms with E-state index >= 15 is 0 Å². The van der Waals surface area contributed by atoms with Crippen molar-refractivity contribution in [3.63, 3.8) is 0 Å². The topological polar surface area (TPSA) is 57.0 Å². The lowest BCUT2D eigenvalue weighted by Gasteiger charge is -1.99. The van der Waals surface area contributed by atoms with Crippen molar-refractivity contribution < 1.29 is 8.81 Å². The number of aromatic nitrogens is 2. The lowest BCUT2D eigenvalue weighted by Crippen LogP contribution is -1.95. The SMILES string of the molecule is Nc1cn(-c2cccc(F)c2)nc1-c1ccco1. The molecule has 1 aromatic carbocycles. The number of nitrogens with zero attached hydrogens (tertiary/aromatic N) is 2. The predicted molar refractivity (Wildman–Crippen MR) is 65.6 cm³/mol. The normalized spacial score (nSPS) is 10.7. The Kier molecular flexibility index (Phi) is 2.37. The molecule has 0 saturated carbocycles. The second-order valence-corrected chi connectivity index (χ2v) is 3.83. The molecule has 2 N–H and O–H groups in total. The zero-order chi connectivity index (χ0) is 12.5. The van der Waals surface area contributed by atoms with E-state index in [2.05, 4.69) is 5.10 Å². The van der Waals surface area contributed by atoms with Crippen LogP contribution in [-0.2, 0) is 0 Å². The lowest BCUT2D eigenvalue weighted by molar-refractivity contribution is 0.579. The summed E-state index contributed by atoms with van der Waals surface area (Å²) in [5.74, 6) is 0.267. The molecule has 2 aromatic heterocycles. The first-order chi connectivity index (χ1) is 8.74. The van der Waals surface area contributed by atoms with Crippen LogP contribution in [0.2, 0.25) is 0 Å². The van der Waals surface area contributed by atoms with Crippen molar-refractivity contribution in [2.75, 3.05) is 5.73 Å². The van der Waals surface area contributed by atoms with E-state index in [9.17, 15) is 4.39 Å².